The summed E-state index contributed by atoms with van der Waals surface area (Å²) in [6.07, 6.45) is 1.24. The van der Waals surface area contributed by atoms with E-state index in [1.165, 1.54) is 17.5 Å². The van der Waals surface area contributed by atoms with Crippen LogP contribution in [0.3, 0.4) is 0 Å². The molecule has 16 heavy (non-hydrogen) atoms. The number of benzene rings is 1. The first-order valence-corrected chi connectivity index (χ1v) is 6.13. The van der Waals surface area contributed by atoms with Gasteiger partial charge in [0.25, 0.3) is 0 Å². The lowest BCUT2D eigenvalue weighted by Crippen LogP contribution is -2.45. The Morgan fingerprint density at radius 3 is 2.69 bits per heavy atom. The van der Waals surface area contributed by atoms with Crippen molar-refractivity contribution >= 4 is 0 Å². The summed E-state index contributed by atoms with van der Waals surface area (Å²) in [6, 6.07) is 9.45. The maximum absolute atomic E-state index is 3.52. The fourth-order valence-electron chi connectivity index (χ4n) is 2.78. The van der Waals surface area contributed by atoms with Gasteiger partial charge in [-0.05, 0) is 45.1 Å². The van der Waals surface area contributed by atoms with Crippen molar-refractivity contribution in [2.75, 3.05) is 27.2 Å². The molecule has 1 aromatic carbocycles. The summed E-state index contributed by atoms with van der Waals surface area (Å²) < 4.78 is 0. The van der Waals surface area contributed by atoms with Crippen molar-refractivity contribution in [2.45, 2.75) is 25.3 Å². The number of piperidine rings is 1. The molecule has 1 aliphatic heterocycles. The zero-order valence-electron chi connectivity index (χ0n) is 10.5. The summed E-state index contributed by atoms with van der Waals surface area (Å²) in [6.45, 7) is 4.47. The predicted molar refractivity (Wildman–Crippen MR) is 68.9 cm³/mol. The highest BCUT2D eigenvalue weighted by atomic mass is 15.1. The zero-order chi connectivity index (χ0) is 11.5. The van der Waals surface area contributed by atoms with Crippen molar-refractivity contribution in [3.63, 3.8) is 0 Å². The maximum Gasteiger partial charge on any atom is 0.0182 e. The summed E-state index contributed by atoms with van der Waals surface area (Å²) >= 11 is 0. The second kappa shape index (κ2) is 4.98. The van der Waals surface area contributed by atoms with Crippen molar-refractivity contribution in [1.29, 1.82) is 0 Å². The normalized spacial score (nSPS) is 26.0. The molecule has 1 N–H and O–H groups in total. The Morgan fingerprint density at radius 2 is 2.00 bits per heavy atom. The summed E-state index contributed by atoms with van der Waals surface area (Å²) in [5.74, 6) is 0.630. The molecule has 1 heterocycles. The SMILES string of the molecule is Cc1ccccc1C1CNCCC1N(C)C. The smallest absolute Gasteiger partial charge is 0.0182 e. The van der Waals surface area contributed by atoms with Gasteiger partial charge in [0.1, 0.15) is 0 Å². The number of rotatable bonds is 2. The second-order valence-corrected chi connectivity index (χ2v) is 4.99. The molecule has 0 bridgehead atoms. The average molecular weight is 218 g/mol. The molecule has 2 atom stereocenters. The van der Waals surface area contributed by atoms with Gasteiger partial charge in [-0.2, -0.15) is 0 Å². The van der Waals surface area contributed by atoms with Gasteiger partial charge in [0, 0.05) is 18.5 Å². The molecule has 2 rings (SSSR count). The largest absolute Gasteiger partial charge is 0.316 e. The van der Waals surface area contributed by atoms with Crippen molar-refractivity contribution in [2.24, 2.45) is 0 Å². The minimum atomic E-state index is 0.630. The van der Waals surface area contributed by atoms with Gasteiger partial charge < -0.3 is 10.2 Å². The number of hydrogen-bond donors (Lipinski definition) is 1. The van der Waals surface area contributed by atoms with Gasteiger partial charge >= 0.3 is 0 Å². The van der Waals surface area contributed by atoms with E-state index in [0.29, 0.717) is 12.0 Å². The van der Waals surface area contributed by atoms with Crippen molar-refractivity contribution in [3.05, 3.63) is 35.4 Å². The lowest BCUT2D eigenvalue weighted by Gasteiger charge is -2.37. The molecule has 1 aromatic rings. The van der Waals surface area contributed by atoms with Crippen molar-refractivity contribution in [1.82, 2.24) is 10.2 Å². The van der Waals surface area contributed by atoms with E-state index in [-0.39, 0.29) is 0 Å². The van der Waals surface area contributed by atoms with E-state index >= 15 is 0 Å². The van der Waals surface area contributed by atoms with E-state index < -0.39 is 0 Å². The van der Waals surface area contributed by atoms with Crippen LogP contribution in [-0.2, 0) is 0 Å². The van der Waals surface area contributed by atoms with Crippen LogP contribution in [0.25, 0.3) is 0 Å². The molecule has 1 saturated heterocycles. The molecule has 2 nitrogen and oxygen atoms in total. The fraction of sp³-hybridized carbons (Fsp3) is 0.571. The molecular weight excluding hydrogens is 196 g/mol. The molecular formula is C14H22N2. The fourth-order valence-corrected chi connectivity index (χ4v) is 2.78. The highest BCUT2D eigenvalue weighted by molar-refractivity contribution is 5.31. The number of likely N-dealkylation sites (N-methyl/N-ethyl adjacent to an activating group) is 1. The molecule has 0 aromatic heterocycles. The highest BCUT2D eigenvalue weighted by Gasteiger charge is 2.28. The van der Waals surface area contributed by atoms with Crippen molar-refractivity contribution in [3.8, 4) is 0 Å². The molecule has 1 fully saturated rings. The Morgan fingerprint density at radius 1 is 1.25 bits per heavy atom. The van der Waals surface area contributed by atoms with Crippen LogP contribution < -0.4 is 5.32 Å². The number of hydrogen-bond acceptors (Lipinski definition) is 2. The molecule has 1 aliphatic rings. The number of nitrogens with one attached hydrogen (secondary N) is 1. The van der Waals surface area contributed by atoms with Crippen LogP contribution in [0.1, 0.15) is 23.5 Å². The zero-order valence-corrected chi connectivity index (χ0v) is 10.5. The first-order valence-electron chi connectivity index (χ1n) is 6.13. The molecule has 0 radical (unpaired) electrons. The lowest BCUT2D eigenvalue weighted by molar-refractivity contribution is 0.209. The second-order valence-electron chi connectivity index (χ2n) is 4.99. The van der Waals surface area contributed by atoms with Crippen LogP contribution in [0.15, 0.2) is 24.3 Å². The third-order valence-electron chi connectivity index (χ3n) is 3.70. The minimum absolute atomic E-state index is 0.630. The standard InChI is InChI=1S/C14H22N2/c1-11-6-4-5-7-12(11)13-10-15-9-8-14(13)16(2)3/h4-7,13-15H,8-10H2,1-3H3. The Kier molecular flexibility index (Phi) is 3.62. The van der Waals surface area contributed by atoms with E-state index in [9.17, 15) is 0 Å². The maximum atomic E-state index is 3.52. The van der Waals surface area contributed by atoms with E-state index in [1.54, 1.807) is 0 Å². The van der Waals surface area contributed by atoms with Gasteiger partial charge in [-0.3, -0.25) is 0 Å². The third kappa shape index (κ3) is 2.28. The minimum Gasteiger partial charge on any atom is -0.316 e. The van der Waals surface area contributed by atoms with Gasteiger partial charge in [0.05, 0.1) is 0 Å². The van der Waals surface area contributed by atoms with Crippen LogP contribution in [0.5, 0.6) is 0 Å². The Hall–Kier alpha value is -0.860. The molecule has 2 heteroatoms. The average Bonchev–Trinajstić information content (AvgIpc) is 2.29. The third-order valence-corrected chi connectivity index (χ3v) is 3.70. The number of nitrogens with zero attached hydrogens (tertiary/aromatic N) is 1. The quantitative estimate of drug-likeness (QED) is 0.817. The van der Waals surface area contributed by atoms with Gasteiger partial charge in [-0.1, -0.05) is 24.3 Å². The Bertz CT molecular complexity index is 346. The molecule has 0 saturated carbocycles. The Labute approximate surface area is 98.7 Å². The lowest BCUT2D eigenvalue weighted by atomic mass is 9.84. The van der Waals surface area contributed by atoms with Crippen molar-refractivity contribution < 1.29 is 0 Å². The molecule has 0 amide bonds. The van der Waals surface area contributed by atoms with Gasteiger partial charge in [-0.15, -0.1) is 0 Å². The topological polar surface area (TPSA) is 15.3 Å². The van der Waals surface area contributed by atoms with Crippen LogP contribution in [-0.4, -0.2) is 38.1 Å². The van der Waals surface area contributed by atoms with Gasteiger partial charge in [0.2, 0.25) is 0 Å². The van der Waals surface area contributed by atoms with E-state index in [1.807, 2.05) is 0 Å². The molecule has 2 unspecified atom stereocenters. The summed E-state index contributed by atoms with van der Waals surface area (Å²) in [5.41, 5.74) is 2.93. The van der Waals surface area contributed by atoms with Crippen LogP contribution in [0.4, 0.5) is 0 Å². The molecule has 88 valence electrons. The highest BCUT2D eigenvalue weighted by Crippen LogP contribution is 2.28. The molecule has 0 aliphatic carbocycles. The van der Waals surface area contributed by atoms with Gasteiger partial charge in [0.15, 0.2) is 0 Å². The van der Waals surface area contributed by atoms with E-state index in [0.717, 1.165) is 13.1 Å². The van der Waals surface area contributed by atoms with Crippen LogP contribution >= 0.6 is 0 Å². The van der Waals surface area contributed by atoms with Gasteiger partial charge in [-0.25, -0.2) is 0 Å². The number of aryl methyl sites for hydroxylation is 1. The van der Waals surface area contributed by atoms with E-state index in [4.69, 9.17) is 0 Å². The first kappa shape index (κ1) is 11.6. The summed E-state index contributed by atoms with van der Waals surface area (Å²) in [4.78, 5) is 2.37. The summed E-state index contributed by atoms with van der Waals surface area (Å²) in [5, 5.41) is 3.52. The predicted octanol–water partition coefficient (Wildman–Crippen LogP) is 2.00. The molecule has 0 spiro atoms. The van der Waals surface area contributed by atoms with Crippen LogP contribution in [0.2, 0.25) is 0 Å². The Balaban J connectivity index is 2.27. The monoisotopic (exact) mass is 218 g/mol. The van der Waals surface area contributed by atoms with E-state index in [2.05, 4.69) is 55.5 Å². The van der Waals surface area contributed by atoms with Crippen LogP contribution in [0, 0.1) is 6.92 Å². The summed E-state index contributed by atoms with van der Waals surface area (Å²) in [7, 11) is 4.39. The first-order chi connectivity index (χ1) is 7.70.